The van der Waals surface area contributed by atoms with Gasteiger partial charge in [-0.1, -0.05) is 123 Å². The highest BCUT2D eigenvalue weighted by atomic mass is 16.3. The van der Waals surface area contributed by atoms with E-state index in [-0.39, 0.29) is 5.91 Å². The van der Waals surface area contributed by atoms with Crippen LogP contribution in [0.5, 0.6) is 0 Å². The minimum atomic E-state index is -0.576. The van der Waals surface area contributed by atoms with Crippen molar-refractivity contribution in [1.82, 2.24) is 5.32 Å². The van der Waals surface area contributed by atoms with E-state index in [2.05, 4.69) is 19.2 Å². The fraction of sp³-hybridized carbons (Fsp3) is 0.964. The summed E-state index contributed by atoms with van der Waals surface area (Å²) in [4.78, 5) is 11.9. The van der Waals surface area contributed by atoms with Crippen molar-refractivity contribution in [3.05, 3.63) is 0 Å². The number of nitrogens with one attached hydrogen (secondary N) is 1. The first-order chi connectivity index (χ1) is 15.6. The molecule has 4 heteroatoms. The minimum absolute atomic E-state index is 0.196. The topological polar surface area (TPSA) is 69.6 Å². The molecule has 0 fully saturated rings. The van der Waals surface area contributed by atoms with E-state index in [1.54, 1.807) is 0 Å². The van der Waals surface area contributed by atoms with Crippen molar-refractivity contribution in [2.45, 2.75) is 167 Å². The normalized spacial score (nSPS) is 13.2. The molecule has 0 heterocycles. The molecule has 0 aromatic rings. The van der Waals surface area contributed by atoms with E-state index >= 15 is 0 Å². The lowest BCUT2D eigenvalue weighted by Crippen LogP contribution is -2.25. The van der Waals surface area contributed by atoms with Crippen LogP contribution in [0.1, 0.15) is 155 Å². The van der Waals surface area contributed by atoms with Crippen molar-refractivity contribution in [1.29, 1.82) is 0 Å². The van der Waals surface area contributed by atoms with Gasteiger partial charge < -0.3 is 15.5 Å². The third-order valence-electron chi connectivity index (χ3n) is 6.55. The highest BCUT2D eigenvalue weighted by Crippen LogP contribution is 2.15. The molecule has 2 atom stereocenters. The summed E-state index contributed by atoms with van der Waals surface area (Å²) in [6.45, 7) is 5.29. The Bertz CT molecular complexity index is 389. The van der Waals surface area contributed by atoms with Crippen LogP contribution in [0.25, 0.3) is 0 Å². The molecule has 0 aromatic heterocycles. The average molecular weight is 456 g/mol. The van der Waals surface area contributed by atoms with Gasteiger partial charge in [0.25, 0.3) is 0 Å². The van der Waals surface area contributed by atoms with E-state index in [1.807, 2.05) is 0 Å². The molecule has 0 aliphatic heterocycles. The predicted octanol–water partition coefficient (Wildman–Crippen LogP) is 7.45. The first kappa shape index (κ1) is 31.4. The van der Waals surface area contributed by atoms with E-state index in [9.17, 15) is 15.0 Å². The Morgan fingerprint density at radius 3 is 1.41 bits per heavy atom. The van der Waals surface area contributed by atoms with Crippen LogP contribution in [0.4, 0.5) is 0 Å². The van der Waals surface area contributed by atoms with Gasteiger partial charge in [0.05, 0.1) is 12.2 Å². The second kappa shape index (κ2) is 25.0. The van der Waals surface area contributed by atoms with Crippen molar-refractivity contribution < 1.29 is 15.0 Å². The summed E-state index contributed by atoms with van der Waals surface area (Å²) in [7, 11) is 0. The van der Waals surface area contributed by atoms with Crippen molar-refractivity contribution in [3.63, 3.8) is 0 Å². The molecule has 0 radical (unpaired) electrons. The summed E-state index contributed by atoms with van der Waals surface area (Å²) >= 11 is 0. The largest absolute Gasteiger partial charge is 0.390 e. The van der Waals surface area contributed by atoms with E-state index in [1.165, 1.54) is 70.6 Å². The standard InChI is InChI=1S/C28H57NO3/c1-3-5-7-9-11-12-17-21-25-29-28(32)24-20-16-13-15-19-23-27(31)26(30)22-18-14-10-8-6-4-2/h26-27,30-31H,3-25H2,1-2H3,(H,29,32). The van der Waals surface area contributed by atoms with Crippen LogP contribution in [0.3, 0.4) is 0 Å². The molecule has 4 nitrogen and oxygen atoms in total. The van der Waals surface area contributed by atoms with Crippen molar-refractivity contribution in [2.24, 2.45) is 0 Å². The molecule has 0 saturated heterocycles. The molecule has 0 bridgehead atoms. The maximum atomic E-state index is 11.9. The molecule has 1 amide bonds. The third-order valence-corrected chi connectivity index (χ3v) is 6.55. The van der Waals surface area contributed by atoms with Crippen LogP contribution in [0.2, 0.25) is 0 Å². The number of carbonyl (C=O) groups is 1. The maximum Gasteiger partial charge on any atom is 0.219 e. The number of aliphatic hydroxyl groups excluding tert-OH is 2. The number of hydrogen-bond acceptors (Lipinski definition) is 3. The molecule has 2 unspecified atom stereocenters. The Morgan fingerprint density at radius 2 is 0.938 bits per heavy atom. The number of aliphatic hydroxyl groups is 2. The fourth-order valence-electron chi connectivity index (χ4n) is 4.26. The summed E-state index contributed by atoms with van der Waals surface area (Å²) in [5.41, 5.74) is 0. The Balaban J connectivity index is 3.38. The van der Waals surface area contributed by atoms with Crippen LogP contribution in [0, 0.1) is 0 Å². The molecule has 3 N–H and O–H groups in total. The monoisotopic (exact) mass is 455 g/mol. The summed E-state index contributed by atoms with van der Waals surface area (Å²) in [5, 5.41) is 23.3. The SMILES string of the molecule is CCCCCCCCCCNC(=O)CCCCCCCC(O)C(O)CCCCCCCC. The summed E-state index contributed by atoms with van der Waals surface area (Å²) < 4.78 is 0. The highest BCUT2D eigenvalue weighted by molar-refractivity contribution is 5.75. The van der Waals surface area contributed by atoms with Gasteiger partial charge in [-0.25, -0.2) is 0 Å². The van der Waals surface area contributed by atoms with E-state index in [0.717, 1.165) is 64.3 Å². The van der Waals surface area contributed by atoms with Gasteiger partial charge in [0.1, 0.15) is 0 Å². The highest BCUT2D eigenvalue weighted by Gasteiger charge is 2.15. The predicted molar refractivity (Wildman–Crippen MR) is 138 cm³/mol. The smallest absolute Gasteiger partial charge is 0.219 e. The molecule has 192 valence electrons. The second-order valence-electron chi connectivity index (χ2n) is 9.82. The Hall–Kier alpha value is -0.610. The maximum absolute atomic E-state index is 11.9. The lowest BCUT2D eigenvalue weighted by atomic mass is 9.99. The zero-order valence-corrected chi connectivity index (χ0v) is 21.7. The quantitative estimate of drug-likeness (QED) is 0.125. The number of rotatable bonds is 25. The number of unbranched alkanes of at least 4 members (excludes halogenated alkanes) is 16. The minimum Gasteiger partial charge on any atom is -0.390 e. The molecular formula is C28H57NO3. The fourth-order valence-corrected chi connectivity index (χ4v) is 4.26. The van der Waals surface area contributed by atoms with Gasteiger partial charge in [-0.05, 0) is 25.7 Å². The number of hydrogen-bond donors (Lipinski definition) is 3. The van der Waals surface area contributed by atoms with Gasteiger partial charge in [-0.3, -0.25) is 4.79 Å². The Morgan fingerprint density at radius 1 is 0.562 bits per heavy atom. The van der Waals surface area contributed by atoms with Crippen LogP contribution in [-0.2, 0) is 4.79 Å². The van der Waals surface area contributed by atoms with Gasteiger partial charge in [0.2, 0.25) is 5.91 Å². The van der Waals surface area contributed by atoms with Crippen molar-refractivity contribution in [2.75, 3.05) is 6.54 Å². The molecule has 0 aliphatic carbocycles. The lowest BCUT2D eigenvalue weighted by Gasteiger charge is -2.17. The Labute approximate surface area is 200 Å². The first-order valence-electron chi connectivity index (χ1n) is 14.2. The van der Waals surface area contributed by atoms with Gasteiger partial charge in [0, 0.05) is 13.0 Å². The molecule has 0 rings (SSSR count). The van der Waals surface area contributed by atoms with E-state index in [4.69, 9.17) is 0 Å². The molecule has 32 heavy (non-hydrogen) atoms. The molecule has 0 saturated carbocycles. The first-order valence-corrected chi connectivity index (χ1v) is 14.2. The van der Waals surface area contributed by atoms with Gasteiger partial charge in [0.15, 0.2) is 0 Å². The van der Waals surface area contributed by atoms with Crippen molar-refractivity contribution >= 4 is 5.91 Å². The lowest BCUT2D eigenvalue weighted by molar-refractivity contribution is -0.121. The zero-order valence-electron chi connectivity index (χ0n) is 21.7. The van der Waals surface area contributed by atoms with Crippen molar-refractivity contribution in [3.8, 4) is 0 Å². The molecule has 0 spiro atoms. The van der Waals surface area contributed by atoms with E-state index in [0.29, 0.717) is 12.8 Å². The van der Waals surface area contributed by atoms with Crippen LogP contribution in [-0.4, -0.2) is 34.9 Å². The van der Waals surface area contributed by atoms with Gasteiger partial charge >= 0.3 is 0 Å². The van der Waals surface area contributed by atoms with Crippen LogP contribution >= 0.6 is 0 Å². The third kappa shape index (κ3) is 22.6. The number of amides is 1. The van der Waals surface area contributed by atoms with E-state index < -0.39 is 12.2 Å². The zero-order chi connectivity index (χ0) is 23.7. The number of carbonyl (C=O) groups excluding carboxylic acids is 1. The van der Waals surface area contributed by atoms with Gasteiger partial charge in [-0.2, -0.15) is 0 Å². The molecular weight excluding hydrogens is 398 g/mol. The molecule has 0 aliphatic rings. The Kier molecular flexibility index (Phi) is 24.5. The summed E-state index contributed by atoms with van der Waals surface area (Å²) in [5.74, 6) is 0.196. The van der Waals surface area contributed by atoms with Crippen LogP contribution in [0.15, 0.2) is 0 Å². The average Bonchev–Trinajstić information content (AvgIpc) is 2.79. The summed E-state index contributed by atoms with van der Waals surface area (Å²) in [6, 6.07) is 0. The van der Waals surface area contributed by atoms with Crippen LogP contribution < -0.4 is 5.32 Å². The second-order valence-corrected chi connectivity index (χ2v) is 9.82. The molecule has 0 aromatic carbocycles. The van der Waals surface area contributed by atoms with Gasteiger partial charge in [-0.15, -0.1) is 0 Å². The summed E-state index contributed by atoms with van der Waals surface area (Å²) in [6.07, 6.45) is 23.7.